The van der Waals surface area contributed by atoms with Crippen molar-refractivity contribution in [1.82, 2.24) is 20.1 Å². The summed E-state index contributed by atoms with van der Waals surface area (Å²) in [6.45, 7) is 7.43. The van der Waals surface area contributed by atoms with Crippen LogP contribution >= 0.6 is 0 Å². The van der Waals surface area contributed by atoms with Gasteiger partial charge in [-0.2, -0.15) is 5.10 Å². The highest BCUT2D eigenvalue weighted by Gasteiger charge is 2.18. The molecule has 2 heterocycles. The maximum atomic E-state index is 12.1. The number of aryl methyl sites for hydroxylation is 3. The number of carbonyl (C=O) groups excluding carboxylic acids is 1. The summed E-state index contributed by atoms with van der Waals surface area (Å²) >= 11 is 0. The van der Waals surface area contributed by atoms with Gasteiger partial charge in [0.15, 0.2) is 5.65 Å². The highest BCUT2D eigenvalue weighted by atomic mass is 16.5. The summed E-state index contributed by atoms with van der Waals surface area (Å²) < 4.78 is 6.90. The van der Waals surface area contributed by atoms with Crippen molar-refractivity contribution in [3.8, 4) is 5.69 Å². The van der Waals surface area contributed by atoms with E-state index >= 15 is 0 Å². The number of ether oxygens (including phenoxy) is 1. The zero-order valence-electron chi connectivity index (χ0n) is 17.1. The van der Waals surface area contributed by atoms with Gasteiger partial charge in [-0.25, -0.2) is 9.67 Å². The number of benzene rings is 1. The monoisotopic (exact) mass is 380 g/mol. The molecule has 1 N–H and O–H groups in total. The Bertz CT molecular complexity index is 964. The van der Waals surface area contributed by atoms with E-state index in [1.165, 1.54) is 0 Å². The molecule has 1 amide bonds. The van der Waals surface area contributed by atoms with Crippen LogP contribution in [0.25, 0.3) is 16.7 Å². The first-order chi connectivity index (χ1) is 13.5. The van der Waals surface area contributed by atoms with Crippen molar-refractivity contribution in [1.29, 1.82) is 0 Å². The lowest BCUT2D eigenvalue weighted by molar-refractivity contribution is -0.121. The van der Waals surface area contributed by atoms with E-state index in [1.54, 1.807) is 7.11 Å². The van der Waals surface area contributed by atoms with Crippen LogP contribution in [0.2, 0.25) is 0 Å². The van der Waals surface area contributed by atoms with Gasteiger partial charge in [0, 0.05) is 37.8 Å². The second-order valence-electron chi connectivity index (χ2n) is 7.03. The Hall–Kier alpha value is -2.73. The minimum Gasteiger partial charge on any atom is -0.385 e. The number of nitrogens with one attached hydrogen (secondary N) is 1. The van der Waals surface area contributed by atoms with Crippen molar-refractivity contribution >= 4 is 16.9 Å². The number of rotatable bonds is 8. The van der Waals surface area contributed by atoms with Crippen LogP contribution in [-0.4, -0.2) is 40.9 Å². The smallest absolute Gasteiger partial charge is 0.220 e. The van der Waals surface area contributed by atoms with Crippen LogP contribution < -0.4 is 5.32 Å². The Balaban J connectivity index is 1.83. The number of amides is 1. The van der Waals surface area contributed by atoms with Crippen molar-refractivity contribution in [2.45, 2.75) is 40.0 Å². The fourth-order valence-electron chi connectivity index (χ4n) is 3.59. The molecule has 6 heteroatoms. The van der Waals surface area contributed by atoms with Gasteiger partial charge in [-0.05, 0) is 56.9 Å². The molecule has 0 saturated heterocycles. The topological polar surface area (TPSA) is 69.0 Å². The number of carbonyl (C=O) groups is 1. The summed E-state index contributed by atoms with van der Waals surface area (Å²) in [5.74, 6) is 0.0618. The zero-order valence-corrected chi connectivity index (χ0v) is 17.1. The number of pyridine rings is 1. The minimum absolute atomic E-state index is 0.0618. The second kappa shape index (κ2) is 8.97. The average Bonchev–Trinajstić information content (AvgIpc) is 3.02. The van der Waals surface area contributed by atoms with Crippen molar-refractivity contribution < 1.29 is 9.53 Å². The van der Waals surface area contributed by atoms with Crippen LogP contribution in [0.15, 0.2) is 30.3 Å². The number of methoxy groups -OCH3 is 1. The van der Waals surface area contributed by atoms with E-state index in [9.17, 15) is 4.79 Å². The zero-order chi connectivity index (χ0) is 20.1. The number of hydrogen-bond donors (Lipinski definition) is 1. The van der Waals surface area contributed by atoms with Crippen LogP contribution in [0, 0.1) is 20.8 Å². The molecule has 0 bridgehead atoms. The van der Waals surface area contributed by atoms with E-state index in [0.717, 1.165) is 45.7 Å². The summed E-state index contributed by atoms with van der Waals surface area (Å²) in [6.07, 6.45) is 1.95. The molecular weight excluding hydrogens is 352 g/mol. The molecule has 0 aliphatic rings. The van der Waals surface area contributed by atoms with Crippen molar-refractivity contribution in [3.05, 3.63) is 52.8 Å². The van der Waals surface area contributed by atoms with Gasteiger partial charge in [0.25, 0.3) is 0 Å². The quantitative estimate of drug-likeness (QED) is 0.608. The third-order valence-corrected chi connectivity index (χ3v) is 5.02. The van der Waals surface area contributed by atoms with Crippen LogP contribution in [0.3, 0.4) is 0 Å². The molecule has 148 valence electrons. The van der Waals surface area contributed by atoms with Gasteiger partial charge in [-0.15, -0.1) is 0 Å². The van der Waals surface area contributed by atoms with E-state index in [4.69, 9.17) is 14.8 Å². The molecular formula is C22H28N4O2. The lowest BCUT2D eigenvalue weighted by Gasteiger charge is -2.12. The fraction of sp³-hybridized carbons (Fsp3) is 0.409. The van der Waals surface area contributed by atoms with Crippen LogP contribution in [0.4, 0.5) is 0 Å². The lowest BCUT2D eigenvalue weighted by Crippen LogP contribution is -2.25. The maximum Gasteiger partial charge on any atom is 0.220 e. The second-order valence-corrected chi connectivity index (χ2v) is 7.03. The maximum absolute atomic E-state index is 12.1. The molecule has 3 rings (SSSR count). The molecule has 0 saturated carbocycles. The fourth-order valence-corrected chi connectivity index (χ4v) is 3.59. The standard InChI is InChI=1S/C22H28N4O2/c1-15-19(11-12-20(27)23-13-8-14-28-4)16(2)24-22-21(15)17(3)25-26(22)18-9-6-5-7-10-18/h5-7,9-10H,8,11-14H2,1-4H3,(H,23,27). The van der Waals surface area contributed by atoms with Crippen LogP contribution in [0.1, 0.15) is 35.4 Å². The van der Waals surface area contributed by atoms with E-state index in [-0.39, 0.29) is 5.91 Å². The van der Waals surface area contributed by atoms with Gasteiger partial charge in [0.2, 0.25) is 5.91 Å². The molecule has 0 spiro atoms. The van der Waals surface area contributed by atoms with Crippen molar-refractivity contribution in [3.63, 3.8) is 0 Å². The summed E-state index contributed by atoms with van der Waals surface area (Å²) in [6, 6.07) is 10.0. The third-order valence-electron chi connectivity index (χ3n) is 5.02. The molecule has 0 aliphatic heterocycles. The summed E-state index contributed by atoms with van der Waals surface area (Å²) in [5, 5.41) is 8.74. The Morgan fingerprint density at radius 2 is 1.89 bits per heavy atom. The van der Waals surface area contributed by atoms with Crippen LogP contribution in [0.5, 0.6) is 0 Å². The first-order valence-electron chi connectivity index (χ1n) is 9.69. The van der Waals surface area contributed by atoms with Crippen molar-refractivity contribution in [2.24, 2.45) is 0 Å². The molecule has 0 fully saturated rings. The van der Waals surface area contributed by atoms with E-state index < -0.39 is 0 Å². The van der Waals surface area contributed by atoms with Crippen molar-refractivity contribution in [2.75, 3.05) is 20.3 Å². The Labute approximate surface area is 165 Å². The molecule has 2 aromatic heterocycles. The molecule has 6 nitrogen and oxygen atoms in total. The predicted octanol–water partition coefficient (Wildman–Crippen LogP) is 3.43. The third kappa shape index (κ3) is 4.22. The number of nitrogens with zero attached hydrogens (tertiary/aromatic N) is 3. The van der Waals surface area contributed by atoms with Gasteiger partial charge in [-0.3, -0.25) is 4.79 Å². The summed E-state index contributed by atoms with van der Waals surface area (Å²) in [4.78, 5) is 17.0. The summed E-state index contributed by atoms with van der Waals surface area (Å²) in [7, 11) is 1.67. The highest BCUT2D eigenvalue weighted by Crippen LogP contribution is 2.28. The van der Waals surface area contributed by atoms with Gasteiger partial charge in [0.05, 0.1) is 11.4 Å². The predicted molar refractivity (Wildman–Crippen MR) is 111 cm³/mol. The largest absolute Gasteiger partial charge is 0.385 e. The summed E-state index contributed by atoms with van der Waals surface area (Å²) in [5.41, 5.74) is 6.06. The molecule has 0 unspecified atom stereocenters. The van der Waals surface area contributed by atoms with Gasteiger partial charge in [-0.1, -0.05) is 18.2 Å². The lowest BCUT2D eigenvalue weighted by atomic mass is 9.99. The minimum atomic E-state index is 0.0618. The SMILES string of the molecule is COCCCNC(=O)CCc1c(C)nc2c(c(C)nn2-c2ccccc2)c1C. The highest BCUT2D eigenvalue weighted by molar-refractivity contribution is 5.85. The Kier molecular flexibility index (Phi) is 6.41. The molecule has 1 aromatic carbocycles. The molecule has 0 atom stereocenters. The van der Waals surface area contributed by atoms with E-state index in [2.05, 4.69) is 12.2 Å². The first-order valence-corrected chi connectivity index (χ1v) is 9.69. The van der Waals surface area contributed by atoms with Crippen LogP contribution in [-0.2, 0) is 16.0 Å². The number of aromatic nitrogens is 3. The molecule has 0 aliphatic carbocycles. The van der Waals surface area contributed by atoms with Gasteiger partial charge in [0.1, 0.15) is 0 Å². The number of para-hydroxylation sites is 1. The first kappa shape index (κ1) is 20.0. The van der Waals surface area contributed by atoms with E-state index in [0.29, 0.717) is 26.0 Å². The molecule has 28 heavy (non-hydrogen) atoms. The number of fused-ring (bicyclic) bond motifs is 1. The molecule has 0 radical (unpaired) electrons. The average molecular weight is 380 g/mol. The van der Waals surface area contributed by atoms with E-state index in [1.807, 2.05) is 48.9 Å². The number of hydrogen-bond acceptors (Lipinski definition) is 4. The normalized spacial score (nSPS) is 11.1. The Morgan fingerprint density at radius 1 is 1.14 bits per heavy atom. The van der Waals surface area contributed by atoms with Gasteiger partial charge >= 0.3 is 0 Å². The molecule has 3 aromatic rings. The Morgan fingerprint density at radius 3 is 2.61 bits per heavy atom. The van der Waals surface area contributed by atoms with Gasteiger partial charge < -0.3 is 10.1 Å².